The monoisotopic (exact) mass is 1400 g/mol. The van der Waals surface area contributed by atoms with Crippen LogP contribution in [-0.4, -0.2) is 326 Å². The molecule has 97 heavy (non-hydrogen) atoms. The number of allylic oxidation sites excluding steroid dienone is 1. The second-order valence-electron chi connectivity index (χ2n) is 30.8. The Bertz CT molecular complexity index is 2780. The Morgan fingerprint density at radius 3 is 1.66 bits per heavy atom. The first kappa shape index (κ1) is 75.7. The largest absolute Gasteiger partial charge is 0.481 e. The zero-order valence-electron chi connectivity index (χ0n) is 55.2. The number of aliphatic hydroxyl groups is 18. The summed E-state index contributed by atoms with van der Waals surface area (Å²) < 4.78 is 71.3. The Morgan fingerprint density at radius 1 is 0.505 bits per heavy atom. The van der Waals surface area contributed by atoms with Crippen molar-refractivity contribution in [2.45, 2.75) is 290 Å². The van der Waals surface area contributed by atoms with E-state index in [0.29, 0.717) is 32.1 Å². The van der Waals surface area contributed by atoms with Crippen molar-refractivity contribution in [1.82, 2.24) is 0 Å². The second-order valence-corrected chi connectivity index (χ2v) is 30.8. The first-order chi connectivity index (χ1) is 45.5. The lowest BCUT2D eigenvalue weighted by Gasteiger charge is -2.71. The number of esters is 1. The molecule has 5 aliphatic carbocycles. The zero-order valence-corrected chi connectivity index (χ0v) is 55.2. The molecule has 0 unspecified atom stereocenters. The molecule has 556 valence electrons. The van der Waals surface area contributed by atoms with Crippen molar-refractivity contribution in [2.75, 3.05) is 33.0 Å². The number of rotatable bonds is 16. The van der Waals surface area contributed by atoms with Crippen molar-refractivity contribution in [1.29, 1.82) is 0 Å². The van der Waals surface area contributed by atoms with Crippen LogP contribution in [0.2, 0.25) is 0 Å². The van der Waals surface area contributed by atoms with E-state index in [4.69, 9.17) is 56.8 Å². The maximum absolute atomic E-state index is 15.6. The summed E-state index contributed by atoms with van der Waals surface area (Å²) in [4.78, 5) is 29.5. The predicted molar refractivity (Wildman–Crippen MR) is 318 cm³/mol. The highest BCUT2D eigenvalue weighted by molar-refractivity contribution is 5.79. The highest BCUT2D eigenvalue weighted by Gasteiger charge is 2.74. The summed E-state index contributed by atoms with van der Waals surface area (Å²) in [7, 11) is 0. The summed E-state index contributed by atoms with van der Waals surface area (Å²) >= 11 is 0. The van der Waals surface area contributed by atoms with Gasteiger partial charge in [0.1, 0.15) is 122 Å². The van der Waals surface area contributed by atoms with Gasteiger partial charge in [-0.25, -0.2) is 0 Å². The van der Waals surface area contributed by atoms with E-state index in [2.05, 4.69) is 26.8 Å². The minimum absolute atomic E-state index is 0.0123. The Hall–Kier alpha value is -2.48. The molecule has 33 nitrogen and oxygen atoms in total. The van der Waals surface area contributed by atoms with Crippen LogP contribution in [0.5, 0.6) is 0 Å². The topological polar surface area (TPSA) is 529 Å². The van der Waals surface area contributed by atoms with Crippen LogP contribution in [0, 0.1) is 50.2 Å². The van der Waals surface area contributed by atoms with Gasteiger partial charge in [0.05, 0.1) is 62.2 Å². The maximum Gasteiger partial charge on any atom is 0.315 e. The number of carbonyl (C=O) groups excluding carboxylic acids is 1. The fraction of sp³-hybridized carbons (Fsp3) is 0.938. The van der Waals surface area contributed by atoms with E-state index in [-0.39, 0.29) is 43.6 Å². The van der Waals surface area contributed by atoms with Gasteiger partial charge in [-0.3, -0.25) is 9.59 Å². The average Bonchev–Trinajstić information content (AvgIpc) is 0.670. The molecule has 0 radical (unpaired) electrons. The summed E-state index contributed by atoms with van der Waals surface area (Å²) in [5.74, 6) is -3.66. The van der Waals surface area contributed by atoms with Gasteiger partial charge in [-0.2, -0.15) is 0 Å². The number of carboxylic acid groups (broad SMARTS) is 1. The van der Waals surface area contributed by atoms with Crippen LogP contribution in [0.4, 0.5) is 0 Å². The lowest BCUT2D eigenvalue weighted by molar-refractivity contribution is -0.388. The van der Waals surface area contributed by atoms with Crippen molar-refractivity contribution in [2.24, 2.45) is 50.2 Å². The van der Waals surface area contributed by atoms with Crippen LogP contribution in [0.15, 0.2) is 11.6 Å². The van der Waals surface area contributed by atoms with Gasteiger partial charge in [-0.15, -0.1) is 0 Å². The van der Waals surface area contributed by atoms with E-state index in [0.717, 1.165) is 5.57 Å². The van der Waals surface area contributed by atoms with Gasteiger partial charge in [-0.1, -0.05) is 39.3 Å². The number of fused-ring (bicyclic) bond motifs is 7. The smallest absolute Gasteiger partial charge is 0.315 e. The van der Waals surface area contributed by atoms with Gasteiger partial charge in [0, 0.05) is 5.41 Å². The molecule has 19 N–H and O–H groups in total. The number of ether oxygens (including phenoxy) is 12. The van der Waals surface area contributed by atoms with Crippen LogP contribution in [0.3, 0.4) is 0 Å². The lowest BCUT2D eigenvalue weighted by Crippen LogP contribution is -2.71. The van der Waals surface area contributed by atoms with E-state index >= 15 is 4.79 Å². The van der Waals surface area contributed by atoms with Gasteiger partial charge in [0.2, 0.25) is 6.29 Å². The molecule has 6 saturated heterocycles. The molecule has 11 aliphatic rings. The van der Waals surface area contributed by atoms with Crippen LogP contribution < -0.4 is 0 Å². The minimum atomic E-state index is -2.08. The fourth-order valence-electron chi connectivity index (χ4n) is 19.0. The first-order valence-electron chi connectivity index (χ1n) is 33.8. The summed E-state index contributed by atoms with van der Waals surface area (Å²) in [6.45, 7) is 9.40. The molecule has 0 aromatic heterocycles. The van der Waals surface area contributed by atoms with Gasteiger partial charge < -0.3 is 154 Å². The normalized spacial score (nSPS) is 54.6. The molecule has 38 atom stereocenters. The number of aliphatic carboxylic acids is 1. The molecule has 0 aromatic carbocycles. The van der Waals surface area contributed by atoms with Crippen molar-refractivity contribution in [3.63, 3.8) is 0 Å². The fourth-order valence-corrected chi connectivity index (χ4v) is 19.0. The molecule has 6 aliphatic heterocycles. The SMILES string of the molecule is C[C@H]1O[C@@H](OC(=O)[C@]23CCC(C)(C)C[C@H]2C2=CC[C@@H]4[C@@]5(C)C[C@H](O)[C@H](O[C@@H]6O[C@H](CO)[C@@H](O)[C@@H](O)[C@H]6O)[C@@](C)(C(=O)O)[C@H]5CC[C@@]4(C)[C@]2(CO)CC3)[C@H](O[C@@H]2O[C@H](C)[C@H](O[C@@H]3OC[C@@H](O[C@@H]4O[C@H](CO)[C@H](O)[C@@H](O)[C@H]4O)[C@@H](O[C@@H]4OC[C@@H](O)[C@@H](O)[C@H]4O)[C@H]3O)[C@@H](O)[C@H]2O)[C@H](O)[C@H]1O. The second kappa shape index (κ2) is 28.2. The van der Waals surface area contributed by atoms with Crippen LogP contribution in [0.25, 0.3) is 0 Å². The summed E-state index contributed by atoms with van der Waals surface area (Å²) in [5, 5.41) is 209. The summed E-state index contributed by atoms with van der Waals surface area (Å²) in [6, 6.07) is 0. The number of hydrogen-bond acceptors (Lipinski definition) is 32. The van der Waals surface area contributed by atoms with E-state index in [1.165, 1.54) is 20.8 Å². The molecular formula is C64H102O33. The molecule has 10 fully saturated rings. The van der Waals surface area contributed by atoms with Gasteiger partial charge in [0.15, 0.2) is 37.6 Å². The lowest BCUT2D eigenvalue weighted by atomic mass is 9.33. The third-order valence-electron chi connectivity index (χ3n) is 24.8. The number of carboxylic acids is 1. The van der Waals surface area contributed by atoms with E-state index in [9.17, 15) is 102 Å². The summed E-state index contributed by atoms with van der Waals surface area (Å²) in [6.07, 6.45) is -46.8. The van der Waals surface area contributed by atoms with Crippen molar-refractivity contribution in [3.8, 4) is 0 Å². The highest BCUT2D eigenvalue weighted by atomic mass is 16.8. The number of hydrogen-bond donors (Lipinski definition) is 19. The minimum Gasteiger partial charge on any atom is -0.481 e. The van der Waals surface area contributed by atoms with E-state index < -0.39 is 262 Å². The van der Waals surface area contributed by atoms with E-state index in [1.807, 2.05) is 6.92 Å². The predicted octanol–water partition coefficient (Wildman–Crippen LogP) is -6.05. The van der Waals surface area contributed by atoms with E-state index in [1.54, 1.807) is 0 Å². The van der Waals surface area contributed by atoms with Gasteiger partial charge in [-0.05, 0) is 113 Å². The van der Waals surface area contributed by atoms with Crippen molar-refractivity contribution < 1.29 is 163 Å². The zero-order chi connectivity index (χ0) is 70.9. The van der Waals surface area contributed by atoms with Crippen LogP contribution in [-0.2, 0) is 66.4 Å². The standard InChI is InChI=1S/C64H102O33/c1-23-34(70)40(76)49(95-53-45(81)41(77)47(24(2)89-53)93-52-46(82)48(94-51-42(78)35(71)28(69)20-86-51)31(21-87-52)92-54-43(79)38(74)36(72)29(18-65)90-54)56(88-23)97-58(85)63-13-12-59(3,4)16-26(63)25-8-9-32-60(5)17-27(68)50(96-55-44(80)39(75)37(73)30(19-66)91-55)62(7,57(83)84)33(60)10-11-61(32,6)64(25,22-67)15-14-63/h8,23-24,26-56,65-82H,9-22H2,1-7H3,(H,83,84)/t23-,24-,26+,27+,28-,29-,30-,31-,32-,33+,34+,35-,36+,37-,38-,39-,40-,41+,42-,43-,44-,45-,46-,47+,48-,49-,50+,51+,52+,53+,54+,55+,56+,60-,61-,62+,63+,64+/m1/s1. The molecule has 0 spiro atoms. The molecule has 0 amide bonds. The van der Waals surface area contributed by atoms with Gasteiger partial charge >= 0.3 is 11.9 Å². The maximum atomic E-state index is 15.6. The molecule has 33 heteroatoms. The molecule has 0 bridgehead atoms. The third-order valence-corrected chi connectivity index (χ3v) is 24.8. The Morgan fingerprint density at radius 2 is 1.04 bits per heavy atom. The summed E-state index contributed by atoms with van der Waals surface area (Å²) in [5.41, 5.74) is -5.37. The average molecular weight is 1400 g/mol. The highest BCUT2D eigenvalue weighted by Crippen LogP contribution is 2.76. The molecule has 0 aromatic rings. The Labute approximate surface area is 559 Å². The quantitative estimate of drug-likeness (QED) is 0.0389. The molecular weight excluding hydrogens is 1300 g/mol. The third kappa shape index (κ3) is 12.7. The molecule has 4 saturated carbocycles. The van der Waals surface area contributed by atoms with Crippen LogP contribution in [0.1, 0.15) is 106 Å². The molecule has 11 rings (SSSR count). The van der Waals surface area contributed by atoms with Gasteiger partial charge in [0.25, 0.3) is 0 Å². The Kier molecular flexibility index (Phi) is 22.0. The van der Waals surface area contributed by atoms with Crippen molar-refractivity contribution >= 4 is 11.9 Å². The number of carbonyl (C=O) groups is 2. The van der Waals surface area contributed by atoms with Crippen LogP contribution >= 0.6 is 0 Å². The van der Waals surface area contributed by atoms with Crippen molar-refractivity contribution in [3.05, 3.63) is 11.6 Å². The first-order valence-corrected chi connectivity index (χ1v) is 33.8. The molecule has 6 heterocycles. The number of aliphatic hydroxyl groups excluding tert-OH is 18. The Balaban J connectivity index is 0.808.